The van der Waals surface area contributed by atoms with Gasteiger partial charge in [0.1, 0.15) is 0 Å². The number of hydrogen-bond acceptors (Lipinski definition) is 3. The van der Waals surface area contributed by atoms with E-state index in [0.717, 1.165) is 36.9 Å². The van der Waals surface area contributed by atoms with Gasteiger partial charge in [-0.2, -0.15) is 5.10 Å². The summed E-state index contributed by atoms with van der Waals surface area (Å²) in [7, 11) is 3.72. The van der Waals surface area contributed by atoms with Gasteiger partial charge in [-0.05, 0) is 20.3 Å². The van der Waals surface area contributed by atoms with Gasteiger partial charge in [-0.3, -0.25) is 14.5 Å². The summed E-state index contributed by atoms with van der Waals surface area (Å²) in [5, 5.41) is 11.2. The Kier molecular flexibility index (Phi) is 5.63. The second kappa shape index (κ2) is 7.48. The molecule has 1 saturated heterocycles. The van der Waals surface area contributed by atoms with E-state index in [1.54, 1.807) is 7.05 Å². The van der Waals surface area contributed by atoms with Gasteiger partial charge in [0, 0.05) is 57.4 Å². The third-order valence-electron chi connectivity index (χ3n) is 4.50. The topological polar surface area (TPSA) is 74.6 Å². The van der Waals surface area contributed by atoms with Gasteiger partial charge >= 0.3 is 0 Å². The third kappa shape index (κ3) is 4.03. The van der Waals surface area contributed by atoms with E-state index in [0.29, 0.717) is 13.0 Å². The van der Waals surface area contributed by atoms with E-state index < -0.39 is 0 Å². The molecule has 128 valence electrons. The van der Waals surface area contributed by atoms with E-state index >= 15 is 0 Å². The fraction of sp³-hybridized carbons (Fsp3) is 0.688. The Morgan fingerprint density at radius 2 is 2.17 bits per heavy atom. The number of carbonyl (C=O) groups is 1. The van der Waals surface area contributed by atoms with Gasteiger partial charge in [0.05, 0.1) is 5.69 Å². The van der Waals surface area contributed by atoms with Crippen molar-refractivity contribution in [3.05, 3.63) is 17.0 Å². The number of aryl methyl sites for hydroxylation is 2. The first-order chi connectivity index (χ1) is 11.0. The molecule has 1 aliphatic heterocycles. The molecule has 1 aromatic rings. The Labute approximate surface area is 138 Å². The first-order valence-corrected chi connectivity index (χ1v) is 8.20. The van der Waals surface area contributed by atoms with Gasteiger partial charge in [0.25, 0.3) is 0 Å². The normalized spacial score (nSPS) is 18.4. The molecule has 0 saturated carbocycles. The molecule has 0 aliphatic carbocycles. The molecule has 0 spiro atoms. The molecule has 1 amide bonds. The average molecular weight is 320 g/mol. The Balaban J connectivity index is 1.88. The fourth-order valence-electron chi connectivity index (χ4n) is 2.96. The van der Waals surface area contributed by atoms with Crippen molar-refractivity contribution >= 4 is 11.9 Å². The molecule has 1 fully saturated rings. The van der Waals surface area contributed by atoms with Crippen LogP contribution >= 0.6 is 0 Å². The largest absolute Gasteiger partial charge is 0.352 e. The molecule has 7 heteroatoms. The molecule has 1 aliphatic rings. The number of nitrogens with one attached hydrogen (secondary N) is 2. The van der Waals surface area contributed by atoms with E-state index in [1.165, 1.54) is 5.56 Å². The predicted molar refractivity (Wildman–Crippen MR) is 91.3 cm³/mol. The molecule has 0 radical (unpaired) electrons. The van der Waals surface area contributed by atoms with E-state index in [1.807, 2.05) is 30.5 Å². The van der Waals surface area contributed by atoms with Crippen molar-refractivity contribution < 1.29 is 4.79 Å². The summed E-state index contributed by atoms with van der Waals surface area (Å²) in [6, 6.07) is 0.257. The smallest absolute Gasteiger partial charge is 0.222 e. The monoisotopic (exact) mass is 320 g/mol. The SMILES string of the molecule is CCC(=O)N1CCC(NC(=NC)NCc2c(C)nn(C)c2C)C1. The van der Waals surface area contributed by atoms with Crippen LogP contribution in [-0.2, 0) is 18.4 Å². The van der Waals surface area contributed by atoms with Crippen LogP contribution in [0.1, 0.15) is 36.7 Å². The van der Waals surface area contributed by atoms with Crippen molar-refractivity contribution in [2.24, 2.45) is 12.0 Å². The molecule has 23 heavy (non-hydrogen) atoms. The molecule has 2 N–H and O–H groups in total. The zero-order chi connectivity index (χ0) is 17.0. The predicted octanol–water partition coefficient (Wildman–Crippen LogP) is 0.713. The second-order valence-corrected chi connectivity index (χ2v) is 6.02. The van der Waals surface area contributed by atoms with Crippen molar-refractivity contribution in [3.8, 4) is 0 Å². The van der Waals surface area contributed by atoms with Crippen LogP contribution < -0.4 is 10.6 Å². The Morgan fingerprint density at radius 3 is 2.74 bits per heavy atom. The summed E-state index contributed by atoms with van der Waals surface area (Å²) in [4.78, 5) is 17.9. The highest BCUT2D eigenvalue weighted by Crippen LogP contribution is 2.12. The number of rotatable bonds is 4. The summed E-state index contributed by atoms with van der Waals surface area (Å²) >= 11 is 0. The quantitative estimate of drug-likeness (QED) is 0.633. The number of aliphatic imine (C=N–C) groups is 1. The number of amides is 1. The van der Waals surface area contributed by atoms with Crippen LogP contribution in [-0.4, -0.2) is 52.7 Å². The van der Waals surface area contributed by atoms with Gasteiger partial charge in [-0.15, -0.1) is 0 Å². The molecule has 2 heterocycles. The van der Waals surface area contributed by atoms with Crippen LogP contribution in [0.25, 0.3) is 0 Å². The second-order valence-electron chi connectivity index (χ2n) is 6.02. The minimum Gasteiger partial charge on any atom is -0.352 e. The summed E-state index contributed by atoms with van der Waals surface area (Å²) in [6.45, 7) is 8.25. The van der Waals surface area contributed by atoms with E-state index in [2.05, 4.69) is 27.6 Å². The zero-order valence-electron chi connectivity index (χ0n) is 14.8. The molecule has 1 unspecified atom stereocenters. The highest BCUT2D eigenvalue weighted by molar-refractivity contribution is 5.80. The lowest BCUT2D eigenvalue weighted by Gasteiger charge is -2.18. The number of guanidine groups is 1. The lowest BCUT2D eigenvalue weighted by Crippen LogP contribution is -2.44. The molecular weight excluding hydrogens is 292 g/mol. The van der Waals surface area contributed by atoms with Crippen molar-refractivity contribution in [1.29, 1.82) is 0 Å². The lowest BCUT2D eigenvalue weighted by atomic mass is 10.2. The Morgan fingerprint density at radius 1 is 1.43 bits per heavy atom. The first-order valence-electron chi connectivity index (χ1n) is 8.20. The summed E-state index contributed by atoms with van der Waals surface area (Å²) in [5.74, 6) is 0.988. The van der Waals surface area contributed by atoms with Gasteiger partial charge in [0.2, 0.25) is 5.91 Å². The Bertz CT molecular complexity index is 592. The maximum absolute atomic E-state index is 11.7. The minimum atomic E-state index is 0.221. The molecule has 0 aromatic carbocycles. The molecule has 7 nitrogen and oxygen atoms in total. The van der Waals surface area contributed by atoms with Crippen LogP contribution in [0.3, 0.4) is 0 Å². The third-order valence-corrected chi connectivity index (χ3v) is 4.50. The van der Waals surface area contributed by atoms with E-state index in [-0.39, 0.29) is 11.9 Å². The molecule has 2 rings (SSSR count). The first kappa shape index (κ1) is 17.3. The zero-order valence-corrected chi connectivity index (χ0v) is 14.8. The van der Waals surface area contributed by atoms with Crippen LogP contribution in [0.2, 0.25) is 0 Å². The maximum atomic E-state index is 11.7. The van der Waals surface area contributed by atoms with Crippen LogP contribution in [0.4, 0.5) is 0 Å². The van der Waals surface area contributed by atoms with Crippen molar-refractivity contribution in [2.45, 2.75) is 46.2 Å². The highest BCUT2D eigenvalue weighted by Gasteiger charge is 2.25. The fourth-order valence-corrected chi connectivity index (χ4v) is 2.96. The van der Waals surface area contributed by atoms with E-state index in [4.69, 9.17) is 0 Å². The number of hydrogen-bond donors (Lipinski definition) is 2. The van der Waals surface area contributed by atoms with Gasteiger partial charge in [-0.1, -0.05) is 6.92 Å². The number of aromatic nitrogens is 2. The molecule has 1 aromatic heterocycles. The lowest BCUT2D eigenvalue weighted by molar-refractivity contribution is -0.129. The maximum Gasteiger partial charge on any atom is 0.222 e. The Hall–Kier alpha value is -2.05. The summed E-state index contributed by atoms with van der Waals surface area (Å²) in [5.41, 5.74) is 3.39. The van der Waals surface area contributed by atoms with Crippen LogP contribution in [0.15, 0.2) is 4.99 Å². The summed E-state index contributed by atoms with van der Waals surface area (Å²) < 4.78 is 1.90. The molecule has 1 atom stereocenters. The van der Waals surface area contributed by atoms with Gasteiger partial charge in [0.15, 0.2) is 5.96 Å². The van der Waals surface area contributed by atoms with Gasteiger partial charge in [-0.25, -0.2) is 0 Å². The van der Waals surface area contributed by atoms with E-state index in [9.17, 15) is 4.79 Å². The average Bonchev–Trinajstić information content (AvgIpc) is 3.09. The minimum absolute atomic E-state index is 0.221. The highest BCUT2D eigenvalue weighted by atomic mass is 16.2. The van der Waals surface area contributed by atoms with Crippen molar-refractivity contribution in [2.75, 3.05) is 20.1 Å². The number of nitrogens with zero attached hydrogens (tertiary/aromatic N) is 4. The number of likely N-dealkylation sites (tertiary alicyclic amines) is 1. The van der Waals surface area contributed by atoms with Crippen LogP contribution in [0.5, 0.6) is 0 Å². The van der Waals surface area contributed by atoms with Gasteiger partial charge < -0.3 is 15.5 Å². The summed E-state index contributed by atoms with van der Waals surface area (Å²) in [6.07, 6.45) is 1.52. The molecular formula is C16H28N6O. The molecule has 0 bridgehead atoms. The van der Waals surface area contributed by atoms with Crippen LogP contribution in [0, 0.1) is 13.8 Å². The van der Waals surface area contributed by atoms with Crippen molar-refractivity contribution in [3.63, 3.8) is 0 Å². The standard InChI is InChI=1S/C16H28N6O/c1-6-15(23)22-8-7-13(10-22)19-16(17-4)18-9-14-11(2)20-21(5)12(14)3/h13H,6-10H2,1-5H3,(H2,17,18,19). The van der Waals surface area contributed by atoms with Crippen molar-refractivity contribution in [1.82, 2.24) is 25.3 Å². The number of carbonyl (C=O) groups excluding carboxylic acids is 1.